The summed E-state index contributed by atoms with van der Waals surface area (Å²) in [5.41, 5.74) is 8.17. The molecule has 0 radical (unpaired) electrons. The SMILES string of the molecule is COc1cc(N)ccc1CNC1CCC(C)(C)C1. The molecular formula is C15H24N2O. The second kappa shape index (κ2) is 5.19. The first-order valence-electron chi connectivity index (χ1n) is 6.66. The molecule has 0 aromatic heterocycles. The lowest BCUT2D eigenvalue weighted by molar-refractivity contribution is 0.362. The quantitative estimate of drug-likeness (QED) is 0.805. The van der Waals surface area contributed by atoms with Crippen LogP contribution in [0.5, 0.6) is 5.75 Å². The summed E-state index contributed by atoms with van der Waals surface area (Å²) in [7, 11) is 1.69. The molecule has 1 unspecified atom stereocenters. The van der Waals surface area contributed by atoms with Gasteiger partial charge in [-0.25, -0.2) is 0 Å². The van der Waals surface area contributed by atoms with Crippen LogP contribution < -0.4 is 15.8 Å². The van der Waals surface area contributed by atoms with Crippen molar-refractivity contribution in [1.29, 1.82) is 0 Å². The van der Waals surface area contributed by atoms with Crippen LogP contribution >= 0.6 is 0 Å². The van der Waals surface area contributed by atoms with Crippen LogP contribution in [0.15, 0.2) is 18.2 Å². The minimum Gasteiger partial charge on any atom is -0.496 e. The van der Waals surface area contributed by atoms with E-state index in [1.165, 1.54) is 24.8 Å². The molecule has 1 saturated carbocycles. The zero-order chi connectivity index (χ0) is 13.2. The molecular weight excluding hydrogens is 224 g/mol. The van der Waals surface area contributed by atoms with Gasteiger partial charge in [0.2, 0.25) is 0 Å². The molecule has 0 aliphatic heterocycles. The second-order valence-corrected chi connectivity index (χ2v) is 6.06. The van der Waals surface area contributed by atoms with Gasteiger partial charge in [-0.3, -0.25) is 0 Å². The van der Waals surface area contributed by atoms with Gasteiger partial charge in [0.15, 0.2) is 0 Å². The predicted molar refractivity (Wildman–Crippen MR) is 75.7 cm³/mol. The Labute approximate surface area is 110 Å². The molecule has 0 heterocycles. The molecule has 3 heteroatoms. The van der Waals surface area contributed by atoms with Crippen molar-refractivity contribution in [3.05, 3.63) is 23.8 Å². The van der Waals surface area contributed by atoms with Crippen LogP contribution in [0.3, 0.4) is 0 Å². The van der Waals surface area contributed by atoms with Gasteiger partial charge in [0.25, 0.3) is 0 Å². The Hall–Kier alpha value is -1.22. The summed E-state index contributed by atoms with van der Waals surface area (Å²) in [6.07, 6.45) is 3.83. The minimum absolute atomic E-state index is 0.489. The van der Waals surface area contributed by atoms with Crippen molar-refractivity contribution in [2.45, 2.75) is 45.7 Å². The number of hydrogen-bond acceptors (Lipinski definition) is 3. The van der Waals surface area contributed by atoms with Crippen LogP contribution in [0.2, 0.25) is 0 Å². The molecule has 100 valence electrons. The van der Waals surface area contributed by atoms with Gasteiger partial charge < -0.3 is 15.8 Å². The highest BCUT2D eigenvalue weighted by Gasteiger charge is 2.30. The predicted octanol–water partition coefficient (Wildman–Crippen LogP) is 2.95. The van der Waals surface area contributed by atoms with Gasteiger partial charge >= 0.3 is 0 Å². The van der Waals surface area contributed by atoms with Crippen molar-refractivity contribution in [1.82, 2.24) is 5.32 Å². The third-order valence-electron chi connectivity index (χ3n) is 3.86. The minimum atomic E-state index is 0.489. The van der Waals surface area contributed by atoms with Crippen molar-refractivity contribution >= 4 is 5.69 Å². The van der Waals surface area contributed by atoms with Crippen molar-refractivity contribution in [3.8, 4) is 5.75 Å². The van der Waals surface area contributed by atoms with Crippen LogP contribution in [0.25, 0.3) is 0 Å². The fraction of sp³-hybridized carbons (Fsp3) is 0.600. The van der Waals surface area contributed by atoms with E-state index in [4.69, 9.17) is 10.5 Å². The Kier molecular flexibility index (Phi) is 3.81. The topological polar surface area (TPSA) is 47.3 Å². The summed E-state index contributed by atoms with van der Waals surface area (Å²) in [6, 6.07) is 6.48. The van der Waals surface area contributed by atoms with Gasteiger partial charge in [-0.05, 0) is 30.7 Å². The van der Waals surface area contributed by atoms with Crippen LogP contribution in [0.4, 0.5) is 5.69 Å². The first-order chi connectivity index (χ1) is 8.50. The number of benzene rings is 1. The van der Waals surface area contributed by atoms with E-state index >= 15 is 0 Å². The van der Waals surface area contributed by atoms with Crippen LogP contribution in [-0.4, -0.2) is 13.2 Å². The second-order valence-electron chi connectivity index (χ2n) is 6.06. The molecule has 0 spiro atoms. The highest BCUT2D eigenvalue weighted by Crippen LogP contribution is 2.37. The first-order valence-corrected chi connectivity index (χ1v) is 6.66. The third-order valence-corrected chi connectivity index (χ3v) is 3.86. The molecule has 0 bridgehead atoms. The Morgan fingerprint density at radius 1 is 1.44 bits per heavy atom. The normalized spacial score (nSPS) is 22.1. The zero-order valence-electron chi connectivity index (χ0n) is 11.6. The number of rotatable bonds is 4. The maximum Gasteiger partial charge on any atom is 0.125 e. The summed E-state index contributed by atoms with van der Waals surface area (Å²) >= 11 is 0. The molecule has 0 amide bonds. The van der Waals surface area contributed by atoms with Gasteiger partial charge in [0.1, 0.15) is 5.75 Å². The van der Waals surface area contributed by atoms with Crippen LogP contribution in [-0.2, 0) is 6.54 Å². The number of methoxy groups -OCH3 is 1. The lowest BCUT2D eigenvalue weighted by atomic mass is 9.92. The lowest BCUT2D eigenvalue weighted by Crippen LogP contribution is -2.27. The molecule has 18 heavy (non-hydrogen) atoms. The van der Waals surface area contributed by atoms with E-state index in [2.05, 4.69) is 19.2 Å². The highest BCUT2D eigenvalue weighted by molar-refractivity contribution is 5.48. The number of nitrogens with one attached hydrogen (secondary N) is 1. The van der Waals surface area contributed by atoms with Gasteiger partial charge in [-0.15, -0.1) is 0 Å². The zero-order valence-corrected chi connectivity index (χ0v) is 11.6. The van der Waals surface area contributed by atoms with Crippen molar-refractivity contribution < 1.29 is 4.74 Å². The number of anilines is 1. The van der Waals surface area contributed by atoms with Gasteiger partial charge in [-0.2, -0.15) is 0 Å². The molecule has 2 rings (SSSR count). The summed E-state index contributed by atoms with van der Waals surface area (Å²) < 4.78 is 5.36. The average molecular weight is 248 g/mol. The molecule has 3 nitrogen and oxygen atoms in total. The molecule has 1 aliphatic rings. The first kappa shape index (κ1) is 13.2. The summed E-state index contributed by atoms with van der Waals surface area (Å²) in [5, 5.41) is 3.63. The fourth-order valence-electron chi connectivity index (χ4n) is 2.77. The molecule has 1 atom stereocenters. The Morgan fingerprint density at radius 3 is 2.83 bits per heavy atom. The summed E-state index contributed by atoms with van der Waals surface area (Å²) in [5.74, 6) is 0.875. The molecule has 1 aromatic carbocycles. The molecule has 0 saturated heterocycles. The molecule has 1 fully saturated rings. The van der Waals surface area contributed by atoms with Crippen molar-refractivity contribution in [3.63, 3.8) is 0 Å². The Bertz CT molecular complexity index is 415. The van der Waals surface area contributed by atoms with E-state index in [0.717, 1.165) is 18.0 Å². The summed E-state index contributed by atoms with van der Waals surface area (Å²) in [6.45, 7) is 5.54. The molecule has 1 aliphatic carbocycles. The van der Waals surface area contributed by atoms with Crippen molar-refractivity contribution in [2.24, 2.45) is 5.41 Å². The van der Waals surface area contributed by atoms with E-state index in [9.17, 15) is 0 Å². The van der Waals surface area contributed by atoms with E-state index in [0.29, 0.717) is 11.5 Å². The largest absolute Gasteiger partial charge is 0.496 e. The summed E-state index contributed by atoms with van der Waals surface area (Å²) in [4.78, 5) is 0. The van der Waals surface area contributed by atoms with Crippen LogP contribution in [0, 0.1) is 5.41 Å². The van der Waals surface area contributed by atoms with E-state index < -0.39 is 0 Å². The van der Waals surface area contributed by atoms with E-state index in [1.807, 2.05) is 18.2 Å². The average Bonchev–Trinajstić information content (AvgIpc) is 2.67. The smallest absolute Gasteiger partial charge is 0.125 e. The van der Waals surface area contributed by atoms with Crippen LogP contribution in [0.1, 0.15) is 38.7 Å². The lowest BCUT2D eigenvalue weighted by Gasteiger charge is -2.18. The van der Waals surface area contributed by atoms with Crippen molar-refractivity contribution in [2.75, 3.05) is 12.8 Å². The highest BCUT2D eigenvalue weighted by atomic mass is 16.5. The monoisotopic (exact) mass is 248 g/mol. The number of ether oxygens (including phenoxy) is 1. The van der Waals surface area contributed by atoms with Gasteiger partial charge in [-0.1, -0.05) is 19.9 Å². The number of hydrogen-bond donors (Lipinski definition) is 2. The molecule has 1 aromatic rings. The third kappa shape index (κ3) is 3.16. The maximum atomic E-state index is 5.76. The standard InChI is InChI=1S/C15H24N2O/c1-15(2)7-6-13(9-15)17-10-11-4-5-12(16)8-14(11)18-3/h4-5,8,13,17H,6-7,9-10,16H2,1-3H3. The Balaban J connectivity index is 1.94. The number of nitrogens with two attached hydrogens (primary N) is 1. The van der Waals surface area contributed by atoms with E-state index in [1.54, 1.807) is 7.11 Å². The van der Waals surface area contributed by atoms with Gasteiger partial charge in [0.05, 0.1) is 7.11 Å². The maximum absolute atomic E-state index is 5.76. The fourth-order valence-corrected chi connectivity index (χ4v) is 2.77. The molecule has 3 N–H and O–H groups in total. The number of nitrogen functional groups attached to an aromatic ring is 1. The Morgan fingerprint density at radius 2 is 2.22 bits per heavy atom. The van der Waals surface area contributed by atoms with E-state index in [-0.39, 0.29) is 0 Å². The van der Waals surface area contributed by atoms with Gasteiger partial charge in [0, 0.05) is 29.9 Å².